The Morgan fingerprint density at radius 2 is 1.66 bits per heavy atom. The lowest BCUT2D eigenvalue weighted by atomic mass is 9.47. The Labute approximate surface area is 194 Å². The van der Waals surface area contributed by atoms with Gasteiger partial charge in [0.1, 0.15) is 6.10 Å². The minimum atomic E-state index is -1.04. The summed E-state index contributed by atoms with van der Waals surface area (Å²) in [7, 11) is 0. The van der Waals surface area contributed by atoms with Gasteiger partial charge in [0.25, 0.3) is 0 Å². The van der Waals surface area contributed by atoms with Gasteiger partial charge in [-0.2, -0.15) is 0 Å². The van der Waals surface area contributed by atoms with E-state index in [0.29, 0.717) is 24.2 Å². The lowest BCUT2D eigenvalue weighted by Crippen LogP contribution is -2.58. The van der Waals surface area contributed by atoms with Gasteiger partial charge in [0.2, 0.25) is 0 Å². The second kappa shape index (κ2) is 6.94. The maximum absolute atomic E-state index is 12.9. The van der Waals surface area contributed by atoms with Gasteiger partial charge < -0.3 is 9.47 Å². The molecule has 5 nitrogen and oxygen atoms in total. The first-order valence-corrected chi connectivity index (χ1v) is 12.3. The Bertz CT molecular complexity index is 967. The van der Waals surface area contributed by atoms with Gasteiger partial charge in [-0.3, -0.25) is 14.4 Å². The molecule has 0 aliphatic heterocycles. The van der Waals surface area contributed by atoms with Gasteiger partial charge in [-0.05, 0) is 74.3 Å². The zero-order chi connectivity index (χ0) is 23.2. The van der Waals surface area contributed by atoms with Gasteiger partial charge in [0, 0.05) is 35.6 Å². The molecule has 3 unspecified atom stereocenters. The zero-order valence-electron chi connectivity index (χ0n) is 19.6. The Morgan fingerprint density at radius 3 is 2.28 bits per heavy atom. The zero-order valence-corrected chi connectivity index (χ0v) is 20.3. The molecule has 0 N–H and O–H groups in total. The molecule has 6 heteroatoms. The molecular weight excluding hydrogens is 428 g/mol. The van der Waals surface area contributed by atoms with E-state index in [9.17, 15) is 14.4 Å². The molecule has 3 saturated carbocycles. The topological polar surface area (TPSA) is 69.7 Å². The van der Waals surface area contributed by atoms with Crippen LogP contribution in [-0.4, -0.2) is 29.4 Å². The van der Waals surface area contributed by atoms with Crippen molar-refractivity contribution in [1.82, 2.24) is 0 Å². The second-order valence-electron chi connectivity index (χ2n) is 11.2. The molecule has 0 aromatic carbocycles. The van der Waals surface area contributed by atoms with Crippen molar-refractivity contribution in [3.63, 3.8) is 0 Å². The molecule has 3 fully saturated rings. The van der Waals surface area contributed by atoms with E-state index in [2.05, 4.69) is 26.0 Å². The Morgan fingerprint density at radius 1 is 0.969 bits per heavy atom. The van der Waals surface area contributed by atoms with Crippen LogP contribution < -0.4 is 0 Å². The maximum atomic E-state index is 12.9. The van der Waals surface area contributed by atoms with Crippen LogP contribution in [0.5, 0.6) is 0 Å². The lowest BCUT2D eigenvalue weighted by molar-refractivity contribution is -0.185. The minimum Gasteiger partial charge on any atom is -0.458 e. The van der Waals surface area contributed by atoms with Gasteiger partial charge >= 0.3 is 11.9 Å². The number of hydrogen-bond acceptors (Lipinski definition) is 5. The minimum absolute atomic E-state index is 0.0435. The molecule has 0 aromatic heterocycles. The van der Waals surface area contributed by atoms with E-state index >= 15 is 0 Å². The predicted molar refractivity (Wildman–Crippen MR) is 120 cm³/mol. The Kier molecular flexibility index (Phi) is 4.81. The number of fused-ring (bicyclic) bond motifs is 7. The van der Waals surface area contributed by atoms with Crippen molar-refractivity contribution in [2.24, 2.45) is 40.4 Å². The predicted octanol–water partition coefficient (Wildman–Crippen LogP) is 4.97. The number of hydrogen-bond donors (Lipinski definition) is 0. The fraction of sp³-hybridized carbons (Fsp3) is 0.731. The third-order valence-electron chi connectivity index (χ3n) is 9.95. The summed E-state index contributed by atoms with van der Waals surface area (Å²) < 4.78 is 11.5. The third kappa shape index (κ3) is 2.72. The highest BCUT2D eigenvalue weighted by molar-refractivity contribution is 6.32. The SMILES string of the molecule is CC(=O)OC1C=C2C(Cl)=C[C@@H]3[C@@H](CC[C@@]4(C)[C@H]3CC[C@]4(OC(C)=O)C(C)=O)[C@]2(C)C2CC12. The van der Waals surface area contributed by atoms with E-state index in [1.807, 2.05) is 0 Å². The van der Waals surface area contributed by atoms with Crippen LogP contribution in [0.1, 0.15) is 66.7 Å². The lowest BCUT2D eigenvalue weighted by Gasteiger charge is -2.58. The quantitative estimate of drug-likeness (QED) is 0.556. The summed E-state index contributed by atoms with van der Waals surface area (Å²) in [4.78, 5) is 36.5. The molecule has 174 valence electrons. The van der Waals surface area contributed by atoms with Crippen LogP contribution >= 0.6 is 11.6 Å². The molecule has 0 aromatic rings. The highest BCUT2D eigenvalue weighted by Gasteiger charge is 2.70. The van der Waals surface area contributed by atoms with Crippen molar-refractivity contribution < 1.29 is 23.9 Å². The number of carbonyl (C=O) groups excluding carboxylic acids is 3. The number of Topliss-reactive ketones (excluding diaryl/α,β-unsaturated/α-hetero) is 1. The molecule has 5 rings (SSSR count). The molecule has 5 aliphatic carbocycles. The fourth-order valence-electron chi connectivity index (χ4n) is 8.51. The standard InChI is InChI=1S/C26H33ClO5/c1-13(28)26(32-15(3)30)9-7-18-16-11-22(27)21-12-23(31-14(2)29)17-10-20(17)25(21,5)19(16)6-8-24(18,26)4/h11-12,16-20,23H,6-10H2,1-5H3/t16-,17?,18-,19+,20?,23?,24-,25+,26-/m0/s1. The van der Waals surface area contributed by atoms with Crippen molar-refractivity contribution in [2.75, 3.05) is 0 Å². The summed E-state index contributed by atoms with van der Waals surface area (Å²) in [5.41, 5.74) is -0.359. The summed E-state index contributed by atoms with van der Waals surface area (Å²) >= 11 is 6.94. The fourth-order valence-corrected chi connectivity index (χ4v) is 8.92. The molecule has 0 amide bonds. The van der Waals surface area contributed by atoms with Crippen molar-refractivity contribution in [1.29, 1.82) is 0 Å². The number of allylic oxidation sites excluding steroid dienone is 3. The van der Waals surface area contributed by atoms with E-state index in [1.165, 1.54) is 13.8 Å². The number of carbonyl (C=O) groups is 3. The highest BCUT2D eigenvalue weighted by Crippen LogP contribution is 2.73. The van der Waals surface area contributed by atoms with E-state index in [4.69, 9.17) is 21.1 Å². The molecule has 0 saturated heterocycles. The van der Waals surface area contributed by atoms with E-state index in [1.54, 1.807) is 6.92 Å². The van der Waals surface area contributed by atoms with Crippen LogP contribution in [0.15, 0.2) is 22.8 Å². The largest absolute Gasteiger partial charge is 0.458 e. The second-order valence-corrected chi connectivity index (χ2v) is 11.6. The van der Waals surface area contributed by atoms with Gasteiger partial charge in [-0.1, -0.05) is 31.5 Å². The van der Waals surface area contributed by atoms with Crippen LogP contribution in [0.3, 0.4) is 0 Å². The van der Waals surface area contributed by atoms with Crippen molar-refractivity contribution in [2.45, 2.75) is 78.4 Å². The molecule has 0 heterocycles. The summed E-state index contributed by atoms with van der Waals surface area (Å²) in [5.74, 6) is 1.04. The molecule has 32 heavy (non-hydrogen) atoms. The van der Waals surface area contributed by atoms with E-state index in [0.717, 1.165) is 36.3 Å². The van der Waals surface area contributed by atoms with Crippen molar-refractivity contribution in [3.05, 3.63) is 22.8 Å². The van der Waals surface area contributed by atoms with Gasteiger partial charge in [-0.25, -0.2) is 0 Å². The first-order valence-electron chi connectivity index (χ1n) is 11.9. The van der Waals surface area contributed by atoms with Crippen LogP contribution in [0.25, 0.3) is 0 Å². The van der Waals surface area contributed by atoms with Crippen LogP contribution in [0.2, 0.25) is 0 Å². The van der Waals surface area contributed by atoms with Crippen LogP contribution in [-0.2, 0) is 23.9 Å². The van der Waals surface area contributed by atoms with Crippen LogP contribution in [0.4, 0.5) is 0 Å². The van der Waals surface area contributed by atoms with Crippen LogP contribution in [0, 0.1) is 40.4 Å². The first kappa shape index (κ1) is 22.2. The summed E-state index contributed by atoms with van der Waals surface area (Å²) in [6.45, 7) is 8.93. The number of ether oxygens (including phenoxy) is 2. The average molecular weight is 461 g/mol. The average Bonchev–Trinajstić information content (AvgIpc) is 3.44. The molecule has 5 aliphatic rings. The molecular formula is C26H33ClO5. The van der Waals surface area contributed by atoms with Gasteiger partial charge in [0.15, 0.2) is 11.4 Å². The van der Waals surface area contributed by atoms with E-state index in [-0.39, 0.29) is 41.1 Å². The monoisotopic (exact) mass is 460 g/mol. The highest BCUT2D eigenvalue weighted by atomic mass is 35.5. The van der Waals surface area contributed by atoms with E-state index < -0.39 is 11.0 Å². The maximum Gasteiger partial charge on any atom is 0.303 e. The number of ketones is 1. The summed E-state index contributed by atoms with van der Waals surface area (Å²) in [6.07, 6.45) is 8.41. The smallest absolute Gasteiger partial charge is 0.303 e. The third-order valence-corrected chi connectivity index (χ3v) is 10.3. The number of halogens is 1. The summed E-state index contributed by atoms with van der Waals surface area (Å²) in [5, 5.41) is 0.758. The Hall–Kier alpha value is -1.62. The molecule has 0 bridgehead atoms. The Balaban J connectivity index is 1.55. The summed E-state index contributed by atoms with van der Waals surface area (Å²) in [6, 6.07) is 0. The van der Waals surface area contributed by atoms with Crippen molar-refractivity contribution >= 4 is 29.3 Å². The number of esters is 2. The van der Waals surface area contributed by atoms with Gasteiger partial charge in [0.05, 0.1) is 0 Å². The van der Waals surface area contributed by atoms with Crippen molar-refractivity contribution in [3.8, 4) is 0 Å². The molecule has 0 radical (unpaired) electrons. The first-order chi connectivity index (χ1) is 15.0. The molecule has 9 atom stereocenters. The van der Waals surface area contributed by atoms with Gasteiger partial charge in [-0.15, -0.1) is 0 Å². The normalized spacial score (nSPS) is 48.2. The molecule has 0 spiro atoms. The number of rotatable bonds is 3.